The number of amides is 1. The molecule has 0 aliphatic rings. The number of hydrogen-bond acceptors (Lipinski definition) is 4. The number of halogens is 1. The van der Waals surface area contributed by atoms with Crippen LogP contribution in [0.5, 0.6) is 5.75 Å². The van der Waals surface area contributed by atoms with Gasteiger partial charge in [0.2, 0.25) is 5.91 Å². The van der Waals surface area contributed by atoms with E-state index in [0.717, 1.165) is 4.57 Å². The number of nitrogens with one attached hydrogen (secondary N) is 1. The van der Waals surface area contributed by atoms with Crippen molar-refractivity contribution in [3.63, 3.8) is 0 Å². The van der Waals surface area contributed by atoms with Gasteiger partial charge in [-0.2, -0.15) is 0 Å². The fraction of sp³-hybridized carbons (Fsp3) is 0.286. The molecule has 1 amide bonds. The second kappa shape index (κ2) is 8.13. The normalized spacial score (nSPS) is 12.2. The Morgan fingerprint density at radius 1 is 1.10 bits per heavy atom. The molecule has 0 spiro atoms. The first-order valence-electron chi connectivity index (χ1n) is 9.16. The molecule has 0 radical (unpaired) electrons. The van der Waals surface area contributed by atoms with Crippen molar-refractivity contribution in [1.82, 2.24) is 14.5 Å². The van der Waals surface area contributed by atoms with Crippen LogP contribution in [0.2, 0.25) is 5.02 Å². The Morgan fingerprint density at radius 2 is 1.79 bits per heavy atom. The Kier molecular flexibility index (Phi) is 5.79. The lowest BCUT2D eigenvalue weighted by molar-refractivity contribution is -0.124. The Morgan fingerprint density at radius 3 is 2.45 bits per heavy atom. The zero-order chi connectivity index (χ0) is 21.3. The third-order valence-electron chi connectivity index (χ3n) is 4.57. The summed E-state index contributed by atoms with van der Waals surface area (Å²) in [5.74, 6) is 0.0273. The summed E-state index contributed by atoms with van der Waals surface area (Å²) >= 11 is 6.12. The minimum atomic E-state index is -0.868. The number of nitrogens with zero attached hydrogens (tertiary/aromatic N) is 2. The Hall–Kier alpha value is -3.06. The maximum Gasteiger partial charge on any atom is 0.337 e. The van der Waals surface area contributed by atoms with E-state index in [1.807, 2.05) is 13.8 Å². The van der Waals surface area contributed by atoms with Crippen LogP contribution < -0.4 is 21.3 Å². The maximum atomic E-state index is 13.5. The molecule has 152 valence electrons. The summed E-state index contributed by atoms with van der Waals surface area (Å²) in [6.45, 7) is 5.27. The van der Waals surface area contributed by atoms with Crippen LogP contribution in [-0.2, 0) is 4.79 Å². The quantitative estimate of drug-likeness (QED) is 0.694. The van der Waals surface area contributed by atoms with E-state index >= 15 is 0 Å². The number of benzene rings is 2. The van der Waals surface area contributed by atoms with Crippen LogP contribution >= 0.6 is 11.6 Å². The summed E-state index contributed by atoms with van der Waals surface area (Å²) in [4.78, 5) is 39.3. The van der Waals surface area contributed by atoms with Gasteiger partial charge in [-0.3, -0.25) is 14.2 Å². The summed E-state index contributed by atoms with van der Waals surface area (Å²) < 4.78 is 7.64. The average molecular weight is 416 g/mol. The summed E-state index contributed by atoms with van der Waals surface area (Å²) in [5.41, 5.74) is -0.573. The van der Waals surface area contributed by atoms with Crippen molar-refractivity contribution in [1.29, 1.82) is 0 Å². The number of fused-ring (bicyclic) bond motifs is 1. The molecular weight excluding hydrogens is 394 g/mol. The molecule has 3 aromatic rings. The fourth-order valence-electron chi connectivity index (χ4n) is 3.23. The molecule has 29 heavy (non-hydrogen) atoms. The number of methoxy groups -OCH3 is 1. The summed E-state index contributed by atoms with van der Waals surface area (Å²) in [7, 11) is 1.46. The summed E-state index contributed by atoms with van der Waals surface area (Å²) in [6, 6.07) is 10.4. The number of carbonyl (C=O) groups excluding carboxylic acids is 1. The van der Waals surface area contributed by atoms with E-state index in [9.17, 15) is 14.4 Å². The van der Waals surface area contributed by atoms with Gasteiger partial charge in [0, 0.05) is 11.1 Å². The van der Waals surface area contributed by atoms with Crippen molar-refractivity contribution < 1.29 is 9.53 Å². The third kappa shape index (κ3) is 3.78. The van der Waals surface area contributed by atoms with Gasteiger partial charge in [0.1, 0.15) is 11.8 Å². The fourth-order valence-corrected chi connectivity index (χ4v) is 3.39. The number of carbonyl (C=O) groups is 1. The van der Waals surface area contributed by atoms with E-state index in [1.165, 1.54) is 17.7 Å². The highest BCUT2D eigenvalue weighted by atomic mass is 35.5. The van der Waals surface area contributed by atoms with Crippen LogP contribution in [0.1, 0.15) is 26.8 Å². The lowest BCUT2D eigenvalue weighted by Crippen LogP contribution is -2.44. The smallest absolute Gasteiger partial charge is 0.337 e. The summed E-state index contributed by atoms with van der Waals surface area (Å²) in [6.07, 6.45) is 0. The van der Waals surface area contributed by atoms with E-state index in [4.69, 9.17) is 16.3 Å². The molecule has 1 heterocycles. The van der Waals surface area contributed by atoms with Crippen molar-refractivity contribution in [2.45, 2.75) is 32.9 Å². The second-order valence-electron chi connectivity index (χ2n) is 6.97. The first kappa shape index (κ1) is 20.7. The first-order valence-corrected chi connectivity index (χ1v) is 9.54. The van der Waals surface area contributed by atoms with Gasteiger partial charge in [0.25, 0.3) is 5.56 Å². The van der Waals surface area contributed by atoms with Crippen molar-refractivity contribution in [3.8, 4) is 11.4 Å². The third-order valence-corrected chi connectivity index (χ3v) is 4.81. The van der Waals surface area contributed by atoms with Crippen LogP contribution in [0.4, 0.5) is 0 Å². The molecule has 8 heteroatoms. The monoisotopic (exact) mass is 415 g/mol. The number of ether oxygens (including phenoxy) is 1. The predicted molar refractivity (Wildman–Crippen MR) is 113 cm³/mol. The van der Waals surface area contributed by atoms with E-state index in [-0.39, 0.29) is 17.3 Å². The molecule has 0 saturated heterocycles. The van der Waals surface area contributed by atoms with Crippen molar-refractivity contribution in [2.24, 2.45) is 0 Å². The largest absolute Gasteiger partial charge is 0.495 e. The molecule has 0 bridgehead atoms. The molecule has 7 nitrogen and oxygen atoms in total. The first-order chi connectivity index (χ1) is 13.8. The Bertz CT molecular complexity index is 1200. The van der Waals surface area contributed by atoms with Crippen molar-refractivity contribution in [2.75, 3.05) is 7.11 Å². The molecule has 3 rings (SSSR count). The highest BCUT2D eigenvalue weighted by molar-refractivity contribution is 6.31. The summed E-state index contributed by atoms with van der Waals surface area (Å²) in [5, 5.41) is 3.43. The van der Waals surface area contributed by atoms with Gasteiger partial charge < -0.3 is 10.1 Å². The molecule has 0 saturated carbocycles. The predicted octanol–water partition coefficient (Wildman–Crippen LogP) is 2.90. The molecular formula is C21H22ClN3O4. The molecule has 1 atom stereocenters. The lowest BCUT2D eigenvalue weighted by Gasteiger charge is -2.21. The molecule has 0 aliphatic carbocycles. The van der Waals surface area contributed by atoms with Crippen LogP contribution in [0.15, 0.2) is 52.1 Å². The highest BCUT2D eigenvalue weighted by Crippen LogP contribution is 2.23. The van der Waals surface area contributed by atoms with E-state index < -0.39 is 17.3 Å². The number of para-hydroxylation sites is 2. The SMILES string of the molecule is COc1ccccc1-n1c(=O)c2ccc(Cl)cc2n([C@@H](C)C(=O)NC(C)C)c1=O. The molecule has 0 unspecified atom stereocenters. The molecule has 1 N–H and O–H groups in total. The standard InChI is InChI=1S/C21H22ClN3O4/c1-12(2)23-19(26)13(3)24-17-11-14(22)9-10-15(17)20(27)25(21(24)28)16-7-5-6-8-18(16)29-4/h5-13H,1-4H3,(H,23,26)/t13-/m0/s1. The van der Waals surface area contributed by atoms with Gasteiger partial charge >= 0.3 is 5.69 Å². The van der Waals surface area contributed by atoms with Crippen LogP contribution in [0, 0.1) is 0 Å². The number of rotatable bonds is 5. The molecule has 2 aromatic carbocycles. The van der Waals surface area contributed by atoms with Gasteiger partial charge in [0.15, 0.2) is 0 Å². The minimum Gasteiger partial charge on any atom is -0.495 e. The second-order valence-corrected chi connectivity index (χ2v) is 7.40. The van der Waals surface area contributed by atoms with Crippen molar-refractivity contribution in [3.05, 3.63) is 68.3 Å². The zero-order valence-corrected chi connectivity index (χ0v) is 17.4. The van der Waals surface area contributed by atoms with Gasteiger partial charge in [-0.05, 0) is 51.1 Å². The van der Waals surface area contributed by atoms with Crippen molar-refractivity contribution >= 4 is 28.4 Å². The molecule has 0 fully saturated rings. The lowest BCUT2D eigenvalue weighted by atomic mass is 10.2. The van der Waals surface area contributed by atoms with Crippen LogP contribution in [0.3, 0.4) is 0 Å². The Balaban J connectivity index is 2.41. The molecule has 0 aliphatic heterocycles. The highest BCUT2D eigenvalue weighted by Gasteiger charge is 2.24. The Labute approximate surface area is 172 Å². The maximum absolute atomic E-state index is 13.5. The van der Waals surface area contributed by atoms with E-state index in [1.54, 1.807) is 43.3 Å². The van der Waals surface area contributed by atoms with E-state index in [2.05, 4.69) is 5.32 Å². The minimum absolute atomic E-state index is 0.101. The topological polar surface area (TPSA) is 82.3 Å². The zero-order valence-electron chi connectivity index (χ0n) is 16.6. The van der Waals surface area contributed by atoms with Gasteiger partial charge in [-0.15, -0.1) is 0 Å². The van der Waals surface area contributed by atoms with Gasteiger partial charge in [0.05, 0.1) is 23.7 Å². The van der Waals surface area contributed by atoms with Crippen LogP contribution in [-0.4, -0.2) is 28.2 Å². The van der Waals surface area contributed by atoms with Gasteiger partial charge in [-0.25, -0.2) is 9.36 Å². The van der Waals surface area contributed by atoms with Gasteiger partial charge in [-0.1, -0.05) is 23.7 Å². The molecule has 1 aromatic heterocycles. The number of hydrogen-bond donors (Lipinski definition) is 1. The number of aromatic nitrogens is 2. The average Bonchev–Trinajstić information content (AvgIpc) is 2.67. The van der Waals surface area contributed by atoms with Crippen LogP contribution in [0.25, 0.3) is 16.6 Å². The van der Waals surface area contributed by atoms with E-state index in [0.29, 0.717) is 22.0 Å².